The summed E-state index contributed by atoms with van der Waals surface area (Å²) in [6, 6.07) is 19.9. The molecule has 0 saturated carbocycles. The molecule has 1 aliphatic heterocycles. The Morgan fingerprint density at radius 3 is 2.73 bits per heavy atom. The number of carbonyl (C=O) groups is 1. The molecule has 1 aliphatic rings. The average molecular weight is 344 g/mol. The second-order valence-electron chi connectivity index (χ2n) is 6.46. The number of anilines is 2. The van der Waals surface area contributed by atoms with Gasteiger partial charge in [0.15, 0.2) is 0 Å². The highest BCUT2D eigenvalue weighted by molar-refractivity contribution is 6.06. The van der Waals surface area contributed by atoms with Gasteiger partial charge in [-0.3, -0.25) is 4.79 Å². The molecule has 1 atom stereocenters. The summed E-state index contributed by atoms with van der Waals surface area (Å²) < 4.78 is 0. The van der Waals surface area contributed by atoms with Crippen LogP contribution in [-0.2, 0) is 13.0 Å². The molecule has 1 N–H and O–H groups in total. The van der Waals surface area contributed by atoms with Crippen molar-refractivity contribution in [3.63, 3.8) is 0 Å². The van der Waals surface area contributed by atoms with Crippen LogP contribution in [0.25, 0.3) is 0 Å². The zero-order valence-electron chi connectivity index (χ0n) is 14.6. The van der Waals surface area contributed by atoms with Crippen LogP contribution in [0.3, 0.4) is 0 Å². The zero-order valence-corrected chi connectivity index (χ0v) is 14.6. The lowest BCUT2D eigenvalue weighted by Crippen LogP contribution is -2.36. The van der Waals surface area contributed by atoms with Crippen LogP contribution in [0.2, 0.25) is 0 Å². The fourth-order valence-electron chi connectivity index (χ4n) is 3.34. The van der Waals surface area contributed by atoms with E-state index in [1.807, 2.05) is 53.4 Å². The van der Waals surface area contributed by atoms with Crippen molar-refractivity contribution in [3.05, 3.63) is 83.7 Å². The summed E-state index contributed by atoms with van der Waals surface area (Å²) in [5.74, 6) is 0.368. The highest BCUT2D eigenvalue weighted by atomic mass is 16.2. The summed E-state index contributed by atoms with van der Waals surface area (Å²) in [6.07, 6.45) is 2.49. The number of carbonyl (C=O) groups excluding carboxylic acids is 1. The van der Waals surface area contributed by atoms with Gasteiger partial charge < -0.3 is 10.2 Å². The van der Waals surface area contributed by atoms with Gasteiger partial charge in [-0.2, -0.15) is 0 Å². The van der Waals surface area contributed by atoms with Gasteiger partial charge in [0.1, 0.15) is 5.69 Å². The van der Waals surface area contributed by atoms with Gasteiger partial charge in [-0.1, -0.05) is 48.5 Å². The number of fused-ring (bicyclic) bond motifs is 1. The number of amides is 1. The third-order valence-corrected chi connectivity index (χ3v) is 4.59. The summed E-state index contributed by atoms with van der Waals surface area (Å²) in [7, 11) is 0. The first kappa shape index (κ1) is 16.3. The van der Waals surface area contributed by atoms with Gasteiger partial charge in [0.2, 0.25) is 5.95 Å². The van der Waals surface area contributed by atoms with E-state index in [1.165, 1.54) is 5.56 Å². The Labute approximate surface area is 152 Å². The molecule has 130 valence electrons. The number of rotatable bonds is 4. The highest BCUT2D eigenvalue weighted by Crippen LogP contribution is 2.32. The molecule has 5 heteroatoms. The Bertz CT molecular complexity index is 926. The van der Waals surface area contributed by atoms with Gasteiger partial charge in [0.05, 0.1) is 0 Å². The van der Waals surface area contributed by atoms with Crippen LogP contribution in [0.1, 0.15) is 28.5 Å². The summed E-state index contributed by atoms with van der Waals surface area (Å²) >= 11 is 0. The Kier molecular flexibility index (Phi) is 4.35. The third kappa shape index (κ3) is 3.16. The lowest BCUT2D eigenvalue weighted by atomic mass is 10.1. The zero-order chi connectivity index (χ0) is 17.9. The van der Waals surface area contributed by atoms with Crippen LogP contribution in [0.5, 0.6) is 0 Å². The highest BCUT2D eigenvalue weighted by Gasteiger charge is 2.31. The SMILES string of the molecule is CC1Cc2ccccc2N1C(=O)c1ccnc(NCc2ccccc2)n1. The van der Waals surface area contributed by atoms with Crippen molar-refractivity contribution in [3.8, 4) is 0 Å². The lowest BCUT2D eigenvalue weighted by molar-refractivity contribution is 0.0976. The van der Waals surface area contributed by atoms with Crippen LogP contribution < -0.4 is 10.2 Å². The topological polar surface area (TPSA) is 58.1 Å². The number of hydrogen-bond donors (Lipinski definition) is 1. The molecule has 1 amide bonds. The van der Waals surface area contributed by atoms with Gasteiger partial charge in [0, 0.05) is 24.5 Å². The lowest BCUT2D eigenvalue weighted by Gasteiger charge is -2.22. The van der Waals surface area contributed by atoms with Crippen LogP contribution >= 0.6 is 0 Å². The second kappa shape index (κ2) is 6.96. The first-order chi connectivity index (χ1) is 12.7. The van der Waals surface area contributed by atoms with E-state index < -0.39 is 0 Å². The van der Waals surface area contributed by atoms with Crippen LogP contribution in [0.15, 0.2) is 66.9 Å². The Balaban J connectivity index is 1.54. The average Bonchev–Trinajstić information content (AvgIpc) is 3.02. The van der Waals surface area contributed by atoms with E-state index in [9.17, 15) is 4.79 Å². The molecule has 0 radical (unpaired) electrons. The van der Waals surface area contributed by atoms with Crippen molar-refractivity contribution in [2.24, 2.45) is 0 Å². The van der Waals surface area contributed by atoms with E-state index in [-0.39, 0.29) is 11.9 Å². The van der Waals surface area contributed by atoms with E-state index in [4.69, 9.17) is 0 Å². The number of hydrogen-bond acceptors (Lipinski definition) is 4. The summed E-state index contributed by atoms with van der Waals surface area (Å²) in [5.41, 5.74) is 3.71. The van der Waals surface area contributed by atoms with E-state index in [2.05, 4.69) is 28.3 Å². The molecule has 1 unspecified atom stereocenters. The van der Waals surface area contributed by atoms with Crippen molar-refractivity contribution in [2.75, 3.05) is 10.2 Å². The van der Waals surface area contributed by atoms with E-state index in [0.717, 1.165) is 17.7 Å². The fraction of sp³-hybridized carbons (Fsp3) is 0.190. The molecule has 1 aromatic heterocycles. The number of nitrogens with one attached hydrogen (secondary N) is 1. The van der Waals surface area contributed by atoms with Gasteiger partial charge in [-0.15, -0.1) is 0 Å². The molecule has 26 heavy (non-hydrogen) atoms. The number of aromatic nitrogens is 2. The van der Waals surface area contributed by atoms with Crippen molar-refractivity contribution in [2.45, 2.75) is 25.9 Å². The van der Waals surface area contributed by atoms with E-state index >= 15 is 0 Å². The normalized spacial score (nSPS) is 15.6. The summed E-state index contributed by atoms with van der Waals surface area (Å²) in [4.78, 5) is 23.5. The van der Waals surface area contributed by atoms with E-state index in [1.54, 1.807) is 12.3 Å². The van der Waals surface area contributed by atoms with Crippen molar-refractivity contribution >= 4 is 17.5 Å². The number of nitrogens with zero attached hydrogens (tertiary/aromatic N) is 3. The van der Waals surface area contributed by atoms with Crippen LogP contribution in [0.4, 0.5) is 11.6 Å². The first-order valence-corrected chi connectivity index (χ1v) is 8.74. The minimum absolute atomic E-state index is 0.0902. The van der Waals surface area contributed by atoms with Crippen LogP contribution in [0, 0.1) is 0 Å². The van der Waals surface area contributed by atoms with Gasteiger partial charge in [-0.05, 0) is 36.6 Å². The Morgan fingerprint density at radius 1 is 1.12 bits per heavy atom. The minimum atomic E-state index is -0.0902. The standard InChI is InChI=1S/C21H20N4O/c1-15-13-17-9-5-6-10-19(17)25(15)20(26)18-11-12-22-21(24-18)23-14-16-7-3-2-4-8-16/h2-12,15H,13-14H2,1H3,(H,22,23,24). The molecule has 0 aliphatic carbocycles. The Morgan fingerprint density at radius 2 is 1.88 bits per heavy atom. The molecule has 5 nitrogen and oxygen atoms in total. The maximum absolute atomic E-state index is 13.1. The molecular weight excluding hydrogens is 324 g/mol. The molecule has 0 fully saturated rings. The molecule has 0 bridgehead atoms. The second-order valence-corrected chi connectivity index (χ2v) is 6.46. The molecular formula is C21H20N4O. The summed E-state index contributed by atoms with van der Waals surface area (Å²) in [5, 5.41) is 3.18. The monoisotopic (exact) mass is 344 g/mol. The number of benzene rings is 2. The smallest absolute Gasteiger partial charge is 0.277 e. The van der Waals surface area contributed by atoms with Gasteiger partial charge in [0.25, 0.3) is 5.91 Å². The fourth-order valence-corrected chi connectivity index (χ4v) is 3.34. The van der Waals surface area contributed by atoms with Crippen LogP contribution in [-0.4, -0.2) is 21.9 Å². The third-order valence-electron chi connectivity index (χ3n) is 4.59. The van der Waals surface area contributed by atoms with Crippen molar-refractivity contribution in [1.82, 2.24) is 9.97 Å². The predicted octanol–water partition coefficient (Wildman–Crippen LogP) is 3.68. The predicted molar refractivity (Wildman–Crippen MR) is 102 cm³/mol. The summed E-state index contributed by atoms with van der Waals surface area (Å²) in [6.45, 7) is 2.68. The van der Waals surface area contributed by atoms with E-state index in [0.29, 0.717) is 18.2 Å². The largest absolute Gasteiger partial charge is 0.350 e. The van der Waals surface area contributed by atoms with Gasteiger partial charge in [-0.25, -0.2) is 9.97 Å². The van der Waals surface area contributed by atoms with Gasteiger partial charge >= 0.3 is 0 Å². The van der Waals surface area contributed by atoms with Crippen molar-refractivity contribution < 1.29 is 4.79 Å². The Hall–Kier alpha value is -3.21. The maximum atomic E-state index is 13.1. The molecule has 2 heterocycles. The van der Waals surface area contributed by atoms with Crippen molar-refractivity contribution in [1.29, 1.82) is 0 Å². The molecule has 0 spiro atoms. The molecule has 0 saturated heterocycles. The molecule has 2 aromatic carbocycles. The maximum Gasteiger partial charge on any atom is 0.277 e. The minimum Gasteiger partial charge on any atom is -0.350 e. The molecule has 3 aromatic rings. The molecule has 4 rings (SSSR count). The number of para-hydroxylation sites is 1. The quantitative estimate of drug-likeness (QED) is 0.784. The first-order valence-electron chi connectivity index (χ1n) is 8.74.